The summed E-state index contributed by atoms with van der Waals surface area (Å²) in [5.41, 5.74) is 1.63. The normalized spacial score (nSPS) is 16.3. The molecule has 108 valence electrons. The second-order valence-corrected chi connectivity index (χ2v) is 4.89. The smallest absolute Gasteiger partial charge is 0.207 e. The lowest BCUT2D eigenvalue weighted by atomic mass is 10.0. The van der Waals surface area contributed by atoms with Gasteiger partial charge in [0.05, 0.1) is 19.8 Å². The molecule has 0 saturated heterocycles. The largest absolute Gasteiger partial charge is 0.497 e. The monoisotopic (exact) mass is 284 g/mol. The molecular formula is C17H16O4. The molecule has 21 heavy (non-hydrogen) atoms. The Hall–Kier alpha value is -2.49. The van der Waals surface area contributed by atoms with Gasteiger partial charge in [-0.15, -0.1) is 0 Å². The van der Waals surface area contributed by atoms with E-state index in [9.17, 15) is 4.79 Å². The Kier molecular flexibility index (Phi) is 3.52. The van der Waals surface area contributed by atoms with Crippen LogP contribution in [0, 0.1) is 0 Å². The molecule has 0 radical (unpaired) electrons. The average Bonchev–Trinajstić information content (AvgIpc) is 2.84. The summed E-state index contributed by atoms with van der Waals surface area (Å²) in [6, 6.07) is 12.9. The van der Waals surface area contributed by atoms with Crippen LogP contribution in [0.1, 0.15) is 15.9 Å². The molecule has 0 bridgehead atoms. The lowest BCUT2D eigenvalue weighted by Gasteiger charge is -2.09. The molecule has 0 amide bonds. The van der Waals surface area contributed by atoms with Crippen molar-refractivity contribution in [1.82, 2.24) is 0 Å². The van der Waals surface area contributed by atoms with Crippen molar-refractivity contribution in [1.29, 1.82) is 0 Å². The molecule has 0 N–H and O–H groups in total. The molecule has 0 aliphatic carbocycles. The van der Waals surface area contributed by atoms with E-state index in [1.165, 1.54) is 0 Å². The van der Waals surface area contributed by atoms with Crippen molar-refractivity contribution in [3.63, 3.8) is 0 Å². The van der Waals surface area contributed by atoms with Gasteiger partial charge >= 0.3 is 0 Å². The third kappa shape index (κ3) is 2.57. The number of Topliss-reactive ketones (excluding diaryl/α,β-unsaturated/α-hetero) is 1. The maximum absolute atomic E-state index is 12.4. The number of fused-ring (bicyclic) bond motifs is 1. The van der Waals surface area contributed by atoms with E-state index in [-0.39, 0.29) is 5.78 Å². The number of rotatable bonds is 4. The average molecular weight is 284 g/mol. The topological polar surface area (TPSA) is 44.8 Å². The third-order valence-electron chi connectivity index (χ3n) is 3.59. The van der Waals surface area contributed by atoms with Crippen LogP contribution >= 0.6 is 0 Å². The quantitative estimate of drug-likeness (QED) is 0.866. The van der Waals surface area contributed by atoms with E-state index in [0.717, 1.165) is 11.3 Å². The predicted octanol–water partition coefficient (Wildman–Crippen LogP) is 2.89. The van der Waals surface area contributed by atoms with Gasteiger partial charge in [0.2, 0.25) is 5.78 Å². The van der Waals surface area contributed by atoms with E-state index in [2.05, 4.69) is 0 Å². The van der Waals surface area contributed by atoms with Crippen LogP contribution in [0.25, 0.3) is 0 Å². The van der Waals surface area contributed by atoms with Crippen LogP contribution < -0.4 is 14.2 Å². The Morgan fingerprint density at radius 1 is 1.00 bits per heavy atom. The maximum Gasteiger partial charge on any atom is 0.207 e. The molecule has 0 unspecified atom stereocenters. The lowest BCUT2D eigenvalue weighted by molar-refractivity contribution is 0.0857. The minimum absolute atomic E-state index is 0.000261. The summed E-state index contributed by atoms with van der Waals surface area (Å²) < 4.78 is 16.0. The first kappa shape index (κ1) is 13.5. The summed E-state index contributed by atoms with van der Waals surface area (Å²) in [6.07, 6.45) is 0.0697. The summed E-state index contributed by atoms with van der Waals surface area (Å²) in [7, 11) is 3.21. The van der Waals surface area contributed by atoms with Gasteiger partial charge in [-0.2, -0.15) is 0 Å². The molecule has 1 heterocycles. The molecule has 1 aliphatic rings. The van der Waals surface area contributed by atoms with Crippen molar-refractivity contribution in [2.75, 3.05) is 14.2 Å². The van der Waals surface area contributed by atoms with E-state index in [1.54, 1.807) is 32.4 Å². The van der Waals surface area contributed by atoms with Gasteiger partial charge in [-0.3, -0.25) is 4.79 Å². The second kappa shape index (κ2) is 5.48. The van der Waals surface area contributed by atoms with Crippen LogP contribution in [0.5, 0.6) is 17.2 Å². The summed E-state index contributed by atoms with van der Waals surface area (Å²) in [4.78, 5) is 12.4. The van der Waals surface area contributed by atoms with Gasteiger partial charge in [-0.25, -0.2) is 0 Å². The summed E-state index contributed by atoms with van der Waals surface area (Å²) in [5, 5.41) is 0. The fourth-order valence-corrected chi connectivity index (χ4v) is 2.42. The molecule has 0 saturated carbocycles. The van der Waals surface area contributed by atoms with Gasteiger partial charge in [0.15, 0.2) is 6.10 Å². The van der Waals surface area contributed by atoms with Gasteiger partial charge in [0.25, 0.3) is 0 Å². The van der Waals surface area contributed by atoms with Gasteiger partial charge < -0.3 is 14.2 Å². The SMILES string of the molecule is COc1ccc(C[C@@H]2Oc3ccc(OC)cc3C2=O)cc1. The Morgan fingerprint density at radius 2 is 1.67 bits per heavy atom. The van der Waals surface area contributed by atoms with Gasteiger partial charge in [-0.1, -0.05) is 12.1 Å². The maximum atomic E-state index is 12.4. The molecule has 4 heteroatoms. The fraction of sp³-hybridized carbons (Fsp3) is 0.235. The predicted molar refractivity (Wildman–Crippen MR) is 78.4 cm³/mol. The van der Waals surface area contributed by atoms with Crippen LogP contribution in [-0.4, -0.2) is 26.1 Å². The minimum Gasteiger partial charge on any atom is -0.497 e. The Morgan fingerprint density at radius 3 is 2.33 bits per heavy atom. The summed E-state index contributed by atoms with van der Waals surface area (Å²) in [5.74, 6) is 2.08. The van der Waals surface area contributed by atoms with Crippen molar-refractivity contribution >= 4 is 5.78 Å². The van der Waals surface area contributed by atoms with E-state index < -0.39 is 6.10 Å². The third-order valence-corrected chi connectivity index (χ3v) is 3.59. The van der Waals surface area contributed by atoms with Crippen LogP contribution in [-0.2, 0) is 6.42 Å². The van der Waals surface area contributed by atoms with Crippen molar-refractivity contribution in [3.8, 4) is 17.2 Å². The minimum atomic E-state index is -0.472. The highest BCUT2D eigenvalue weighted by Gasteiger charge is 2.32. The molecular weight excluding hydrogens is 268 g/mol. The standard InChI is InChI=1S/C17H16O4/c1-19-12-5-3-11(4-6-12)9-16-17(18)14-10-13(20-2)7-8-15(14)21-16/h3-8,10,16H,9H2,1-2H3/t16-/m0/s1. The number of methoxy groups -OCH3 is 2. The molecule has 0 aromatic heterocycles. The highest BCUT2D eigenvalue weighted by Crippen LogP contribution is 2.33. The lowest BCUT2D eigenvalue weighted by Crippen LogP contribution is -2.23. The van der Waals surface area contributed by atoms with Crippen LogP contribution in [0.15, 0.2) is 42.5 Å². The number of ether oxygens (including phenoxy) is 3. The molecule has 2 aromatic carbocycles. The molecule has 4 nitrogen and oxygen atoms in total. The number of hydrogen-bond acceptors (Lipinski definition) is 4. The molecule has 0 fully saturated rings. The van der Waals surface area contributed by atoms with Crippen LogP contribution in [0.3, 0.4) is 0 Å². The van der Waals surface area contributed by atoms with E-state index in [0.29, 0.717) is 23.5 Å². The number of benzene rings is 2. The molecule has 0 spiro atoms. The molecule has 1 aliphatic heterocycles. The molecule has 1 atom stereocenters. The first-order valence-electron chi connectivity index (χ1n) is 6.73. The van der Waals surface area contributed by atoms with Crippen molar-refractivity contribution < 1.29 is 19.0 Å². The summed E-state index contributed by atoms with van der Waals surface area (Å²) in [6.45, 7) is 0. The first-order valence-corrected chi connectivity index (χ1v) is 6.73. The van der Waals surface area contributed by atoms with Gasteiger partial charge in [-0.05, 0) is 35.9 Å². The number of ketones is 1. The van der Waals surface area contributed by atoms with E-state index >= 15 is 0 Å². The second-order valence-electron chi connectivity index (χ2n) is 4.89. The fourth-order valence-electron chi connectivity index (χ4n) is 2.42. The zero-order chi connectivity index (χ0) is 14.8. The van der Waals surface area contributed by atoms with Gasteiger partial charge in [0.1, 0.15) is 17.2 Å². The molecule has 2 aromatic rings. The first-order chi connectivity index (χ1) is 10.2. The van der Waals surface area contributed by atoms with Crippen molar-refractivity contribution in [3.05, 3.63) is 53.6 Å². The Balaban J connectivity index is 1.77. The highest BCUT2D eigenvalue weighted by atomic mass is 16.5. The number of hydrogen-bond donors (Lipinski definition) is 0. The zero-order valence-electron chi connectivity index (χ0n) is 12.0. The van der Waals surface area contributed by atoms with Crippen molar-refractivity contribution in [2.45, 2.75) is 12.5 Å². The number of carbonyl (C=O) groups excluding carboxylic acids is 1. The van der Waals surface area contributed by atoms with Crippen LogP contribution in [0.4, 0.5) is 0 Å². The van der Waals surface area contributed by atoms with Crippen molar-refractivity contribution in [2.24, 2.45) is 0 Å². The zero-order valence-corrected chi connectivity index (χ0v) is 12.0. The molecule has 3 rings (SSSR count). The van der Waals surface area contributed by atoms with Gasteiger partial charge in [0, 0.05) is 6.42 Å². The Labute approximate surface area is 123 Å². The Bertz CT molecular complexity index is 661. The summed E-state index contributed by atoms with van der Waals surface area (Å²) >= 11 is 0. The number of carbonyl (C=O) groups is 1. The van der Waals surface area contributed by atoms with Crippen LogP contribution in [0.2, 0.25) is 0 Å². The van der Waals surface area contributed by atoms with E-state index in [1.807, 2.05) is 24.3 Å². The van der Waals surface area contributed by atoms with E-state index in [4.69, 9.17) is 14.2 Å². The highest BCUT2D eigenvalue weighted by molar-refractivity contribution is 6.05.